The highest BCUT2D eigenvalue weighted by atomic mass is 16.2. The molecule has 1 aliphatic carbocycles. The Morgan fingerprint density at radius 2 is 2.24 bits per heavy atom. The fraction of sp³-hybridized carbons (Fsp3) is 0.650. The van der Waals surface area contributed by atoms with E-state index < -0.39 is 0 Å². The van der Waals surface area contributed by atoms with Crippen LogP contribution >= 0.6 is 0 Å². The van der Waals surface area contributed by atoms with Gasteiger partial charge in [0.25, 0.3) is 0 Å². The van der Waals surface area contributed by atoms with E-state index in [-0.39, 0.29) is 0 Å². The lowest BCUT2D eigenvalue weighted by atomic mass is 9.95. The van der Waals surface area contributed by atoms with Gasteiger partial charge in [0.15, 0.2) is 0 Å². The lowest BCUT2D eigenvalue weighted by Crippen LogP contribution is -2.40. The number of rotatable bonds is 3. The average Bonchev–Trinajstić information content (AvgIpc) is 3.14. The number of amides is 1. The Morgan fingerprint density at radius 1 is 1.32 bits per heavy atom. The zero-order valence-electron chi connectivity index (χ0n) is 15.2. The summed E-state index contributed by atoms with van der Waals surface area (Å²) in [5.41, 5.74) is 2.47. The standard InChI is InChI=1S/C20H28N4O/c1-23-10-8-18-17(13-23)12-21-20(22-18)16-7-4-9-24(14-16)19(25)11-15-5-2-3-6-15/h2,5,12,15-16H,3-4,6-11,13-14H2,1H3. The van der Waals surface area contributed by atoms with E-state index >= 15 is 0 Å². The SMILES string of the molecule is CN1CCc2nc(C3CCCN(C(=O)CC4C=CCC4)C3)ncc2C1. The number of nitrogens with zero attached hydrogens (tertiary/aromatic N) is 4. The second-order valence-electron chi connectivity index (χ2n) is 7.84. The zero-order chi connectivity index (χ0) is 17.2. The van der Waals surface area contributed by atoms with Crippen molar-refractivity contribution in [3.8, 4) is 0 Å². The van der Waals surface area contributed by atoms with Gasteiger partial charge in [-0.1, -0.05) is 12.2 Å². The number of piperidine rings is 1. The van der Waals surface area contributed by atoms with E-state index in [0.29, 0.717) is 24.2 Å². The molecule has 1 aromatic heterocycles. The van der Waals surface area contributed by atoms with E-state index in [2.05, 4.69) is 34.0 Å². The van der Waals surface area contributed by atoms with Crippen molar-refractivity contribution in [1.29, 1.82) is 0 Å². The predicted molar refractivity (Wildman–Crippen MR) is 97.1 cm³/mol. The topological polar surface area (TPSA) is 49.3 Å². The van der Waals surface area contributed by atoms with Gasteiger partial charge >= 0.3 is 0 Å². The Labute approximate surface area is 150 Å². The van der Waals surface area contributed by atoms with Crippen LogP contribution < -0.4 is 0 Å². The van der Waals surface area contributed by atoms with Gasteiger partial charge in [-0.3, -0.25) is 4.79 Å². The van der Waals surface area contributed by atoms with Crippen LogP contribution in [-0.2, 0) is 17.8 Å². The maximum Gasteiger partial charge on any atom is 0.223 e. The third-order valence-electron chi connectivity index (χ3n) is 5.83. The number of hydrogen-bond acceptors (Lipinski definition) is 4. The first-order chi connectivity index (χ1) is 12.2. The number of likely N-dealkylation sites (N-methyl/N-ethyl adjacent to an activating group) is 1. The molecule has 0 spiro atoms. The molecule has 2 aliphatic heterocycles. The molecular formula is C20H28N4O. The van der Waals surface area contributed by atoms with Crippen molar-refractivity contribution in [2.45, 2.75) is 51.0 Å². The van der Waals surface area contributed by atoms with Crippen molar-refractivity contribution in [3.05, 3.63) is 35.4 Å². The Bertz CT molecular complexity index is 672. The molecule has 5 heteroatoms. The highest BCUT2D eigenvalue weighted by Gasteiger charge is 2.28. The van der Waals surface area contributed by atoms with Crippen LogP contribution in [0.2, 0.25) is 0 Å². The molecule has 0 bridgehead atoms. The summed E-state index contributed by atoms with van der Waals surface area (Å²) in [6, 6.07) is 0. The van der Waals surface area contributed by atoms with Crippen molar-refractivity contribution in [3.63, 3.8) is 0 Å². The summed E-state index contributed by atoms with van der Waals surface area (Å²) in [6.07, 6.45) is 12.5. The molecule has 1 amide bonds. The Balaban J connectivity index is 1.42. The molecule has 0 saturated carbocycles. The van der Waals surface area contributed by atoms with Gasteiger partial charge in [0.05, 0.1) is 0 Å². The van der Waals surface area contributed by atoms with Gasteiger partial charge in [-0.15, -0.1) is 0 Å². The maximum atomic E-state index is 12.6. The molecule has 4 rings (SSSR count). The molecule has 3 aliphatic rings. The van der Waals surface area contributed by atoms with Gasteiger partial charge in [-0.05, 0) is 38.6 Å². The number of aromatic nitrogens is 2. The summed E-state index contributed by atoms with van der Waals surface area (Å²) in [5.74, 6) is 1.99. The highest BCUT2D eigenvalue weighted by Crippen LogP contribution is 2.28. The Kier molecular flexibility index (Phi) is 4.84. The zero-order valence-corrected chi connectivity index (χ0v) is 15.2. The molecule has 25 heavy (non-hydrogen) atoms. The van der Waals surface area contributed by atoms with Crippen LogP contribution in [0.1, 0.15) is 55.1 Å². The molecule has 5 nitrogen and oxygen atoms in total. The first-order valence-electron chi connectivity index (χ1n) is 9.66. The summed E-state index contributed by atoms with van der Waals surface area (Å²) < 4.78 is 0. The van der Waals surface area contributed by atoms with Crippen LogP contribution in [0.4, 0.5) is 0 Å². The number of likely N-dealkylation sites (tertiary alicyclic amines) is 1. The summed E-state index contributed by atoms with van der Waals surface area (Å²) in [7, 11) is 2.14. The smallest absolute Gasteiger partial charge is 0.223 e. The molecule has 3 heterocycles. The monoisotopic (exact) mass is 340 g/mol. The summed E-state index contributed by atoms with van der Waals surface area (Å²) in [5, 5.41) is 0. The van der Waals surface area contributed by atoms with Gasteiger partial charge in [0, 0.05) is 62.4 Å². The van der Waals surface area contributed by atoms with Crippen LogP contribution in [0.3, 0.4) is 0 Å². The number of allylic oxidation sites excluding steroid dienone is 2. The van der Waals surface area contributed by atoms with E-state index in [1.807, 2.05) is 6.20 Å². The normalized spacial score (nSPS) is 26.7. The van der Waals surface area contributed by atoms with Crippen molar-refractivity contribution >= 4 is 5.91 Å². The quantitative estimate of drug-likeness (QED) is 0.794. The summed E-state index contributed by atoms with van der Waals surface area (Å²) in [6.45, 7) is 3.68. The molecule has 0 radical (unpaired) electrons. The van der Waals surface area contributed by atoms with Gasteiger partial charge in [0.2, 0.25) is 5.91 Å². The maximum absolute atomic E-state index is 12.6. The first-order valence-corrected chi connectivity index (χ1v) is 9.66. The second kappa shape index (κ2) is 7.24. The van der Waals surface area contributed by atoms with Crippen LogP contribution in [0.5, 0.6) is 0 Å². The predicted octanol–water partition coefficient (Wildman–Crippen LogP) is 2.53. The Hall–Kier alpha value is -1.75. The molecule has 134 valence electrons. The molecule has 0 aromatic carbocycles. The van der Waals surface area contributed by atoms with Gasteiger partial charge in [-0.2, -0.15) is 0 Å². The van der Waals surface area contributed by atoms with Crippen molar-refractivity contribution in [2.75, 3.05) is 26.7 Å². The molecule has 2 unspecified atom stereocenters. The lowest BCUT2D eigenvalue weighted by Gasteiger charge is -2.33. The number of hydrogen-bond donors (Lipinski definition) is 0. The van der Waals surface area contributed by atoms with E-state index in [1.165, 1.54) is 11.3 Å². The second-order valence-corrected chi connectivity index (χ2v) is 7.84. The summed E-state index contributed by atoms with van der Waals surface area (Å²) in [4.78, 5) is 26.5. The van der Waals surface area contributed by atoms with Gasteiger partial charge in [-0.25, -0.2) is 9.97 Å². The molecule has 0 N–H and O–H groups in total. The van der Waals surface area contributed by atoms with Crippen LogP contribution in [-0.4, -0.2) is 52.4 Å². The Morgan fingerprint density at radius 3 is 3.08 bits per heavy atom. The largest absolute Gasteiger partial charge is 0.342 e. The molecule has 2 atom stereocenters. The first kappa shape index (κ1) is 16.7. The van der Waals surface area contributed by atoms with Crippen molar-refractivity contribution in [2.24, 2.45) is 5.92 Å². The minimum atomic E-state index is 0.293. The highest BCUT2D eigenvalue weighted by molar-refractivity contribution is 5.77. The molecular weight excluding hydrogens is 312 g/mol. The molecule has 1 fully saturated rings. The third kappa shape index (κ3) is 3.76. The van der Waals surface area contributed by atoms with Gasteiger partial charge in [0.1, 0.15) is 5.82 Å². The number of carbonyl (C=O) groups is 1. The van der Waals surface area contributed by atoms with Gasteiger partial charge < -0.3 is 9.80 Å². The van der Waals surface area contributed by atoms with E-state index in [9.17, 15) is 4.79 Å². The minimum Gasteiger partial charge on any atom is -0.342 e. The number of fused-ring (bicyclic) bond motifs is 1. The number of carbonyl (C=O) groups excluding carboxylic acids is 1. The van der Waals surface area contributed by atoms with Crippen LogP contribution in [0.15, 0.2) is 18.3 Å². The van der Waals surface area contributed by atoms with Crippen molar-refractivity contribution < 1.29 is 4.79 Å². The van der Waals surface area contributed by atoms with E-state index in [1.54, 1.807) is 0 Å². The van der Waals surface area contributed by atoms with E-state index in [0.717, 1.165) is 64.1 Å². The molecule has 1 aromatic rings. The fourth-order valence-electron chi connectivity index (χ4n) is 4.30. The van der Waals surface area contributed by atoms with E-state index in [4.69, 9.17) is 4.98 Å². The summed E-state index contributed by atoms with van der Waals surface area (Å²) >= 11 is 0. The molecule has 1 saturated heterocycles. The van der Waals surface area contributed by atoms with Crippen LogP contribution in [0, 0.1) is 5.92 Å². The minimum absolute atomic E-state index is 0.293. The third-order valence-corrected chi connectivity index (χ3v) is 5.83. The average molecular weight is 340 g/mol. The van der Waals surface area contributed by atoms with Crippen molar-refractivity contribution in [1.82, 2.24) is 19.8 Å². The fourth-order valence-corrected chi connectivity index (χ4v) is 4.30. The van der Waals surface area contributed by atoms with Crippen LogP contribution in [0.25, 0.3) is 0 Å². The lowest BCUT2D eigenvalue weighted by molar-refractivity contribution is -0.133.